The van der Waals surface area contributed by atoms with Crippen LogP contribution >= 0.6 is 0 Å². The number of carboxylic acid groups (broad SMARTS) is 1. The first-order valence-corrected chi connectivity index (χ1v) is 7.98. The van der Waals surface area contributed by atoms with Gasteiger partial charge in [-0.25, -0.2) is 4.79 Å². The highest BCUT2D eigenvalue weighted by molar-refractivity contribution is 5.99. The second-order valence-electron chi connectivity index (χ2n) is 6.85. The molecule has 2 N–H and O–H groups in total. The molecule has 1 aliphatic rings. The van der Waals surface area contributed by atoms with E-state index in [1.807, 2.05) is 6.92 Å². The fraction of sp³-hybridized carbons (Fsp3) is 0.529. The van der Waals surface area contributed by atoms with Crippen molar-refractivity contribution in [1.29, 1.82) is 0 Å². The summed E-state index contributed by atoms with van der Waals surface area (Å²) >= 11 is 0. The van der Waals surface area contributed by atoms with Crippen molar-refractivity contribution in [3.8, 4) is 0 Å². The third-order valence-electron chi connectivity index (χ3n) is 4.99. The molecule has 1 amide bonds. The van der Waals surface area contributed by atoms with Gasteiger partial charge in [0.05, 0.1) is 11.0 Å². The van der Waals surface area contributed by atoms with Crippen LogP contribution in [0.25, 0.3) is 0 Å². The van der Waals surface area contributed by atoms with Crippen molar-refractivity contribution in [3.05, 3.63) is 39.4 Å². The smallest absolute Gasteiger partial charge is 0.330 e. The van der Waals surface area contributed by atoms with Crippen molar-refractivity contribution in [1.82, 2.24) is 5.32 Å². The largest absolute Gasteiger partial charge is 0.479 e. The first-order valence-electron chi connectivity index (χ1n) is 7.98. The minimum Gasteiger partial charge on any atom is -0.479 e. The van der Waals surface area contributed by atoms with Gasteiger partial charge in [-0.05, 0) is 25.5 Å². The number of nitro groups is 1. The molecule has 0 aliphatic heterocycles. The summed E-state index contributed by atoms with van der Waals surface area (Å²) < 4.78 is 5.55. The summed E-state index contributed by atoms with van der Waals surface area (Å²) in [6.07, 6.45) is -0.149. The summed E-state index contributed by atoms with van der Waals surface area (Å²) in [7, 11) is 0. The number of carbonyl (C=O) groups excluding carboxylic acids is 1. The zero-order valence-corrected chi connectivity index (χ0v) is 14.7. The van der Waals surface area contributed by atoms with E-state index in [-0.39, 0.29) is 23.8 Å². The Morgan fingerprint density at radius 3 is 2.52 bits per heavy atom. The average Bonchev–Trinajstić information content (AvgIpc) is 2.52. The number of aliphatic carboxylic acids is 1. The second kappa shape index (κ2) is 6.44. The van der Waals surface area contributed by atoms with E-state index in [9.17, 15) is 24.8 Å². The van der Waals surface area contributed by atoms with Crippen molar-refractivity contribution in [2.24, 2.45) is 5.41 Å². The van der Waals surface area contributed by atoms with Crippen LogP contribution in [0.5, 0.6) is 0 Å². The number of nitro benzene ring substituents is 1. The Hall–Kier alpha value is -2.48. The Morgan fingerprint density at radius 1 is 1.40 bits per heavy atom. The first-order chi connectivity index (χ1) is 11.5. The number of hydrogen-bond donors (Lipinski definition) is 2. The Balaban J connectivity index is 2.32. The van der Waals surface area contributed by atoms with Crippen LogP contribution in [0, 0.1) is 22.5 Å². The summed E-state index contributed by atoms with van der Waals surface area (Å²) in [5, 5.41) is 23.3. The predicted octanol–water partition coefficient (Wildman–Crippen LogP) is 2.29. The fourth-order valence-electron chi connectivity index (χ4n) is 3.30. The van der Waals surface area contributed by atoms with E-state index in [4.69, 9.17) is 4.74 Å². The standard InChI is InChI=1S/C17H22N2O6/c1-5-25-13-9-17(15(21)22,16(13,3)4)18-14(20)11-6-10(2)7-12(8-11)19(23)24/h6-8,13H,5,9H2,1-4H3,(H,18,20)(H,21,22). The lowest BCUT2D eigenvalue weighted by Crippen LogP contribution is -2.76. The summed E-state index contributed by atoms with van der Waals surface area (Å²) in [6.45, 7) is 7.35. The molecule has 0 radical (unpaired) electrons. The quantitative estimate of drug-likeness (QED) is 0.600. The van der Waals surface area contributed by atoms with Crippen LogP contribution in [0.2, 0.25) is 0 Å². The number of nitrogens with zero attached hydrogens (tertiary/aromatic N) is 1. The number of hydrogen-bond acceptors (Lipinski definition) is 5. The van der Waals surface area contributed by atoms with Crippen LogP contribution in [0.4, 0.5) is 5.69 Å². The number of amides is 1. The van der Waals surface area contributed by atoms with Crippen molar-refractivity contribution in [3.63, 3.8) is 0 Å². The molecular formula is C17H22N2O6. The average molecular weight is 350 g/mol. The molecule has 1 saturated carbocycles. The molecule has 0 heterocycles. The number of aryl methyl sites for hydroxylation is 1. The lowest BCUT2D eigenvalue weighted by molar-refractivity contribution is -0.384. The number of benzene rings is 1. The van der Waals surface area contributed by atoms with E-state index in [2.05, 4.69) is 5.32 Å². The van der Waals surface area contributed by atoms with Gasteiger partial charge in [-0.3, -0.25) is 14.9 Å². The third-order valence-corrected chi connectivity index (χ3v) is 4.99. The zero-order valence-electron chi connectivity index (χ0n) is 14.7. The van der Waals surface area contributed by atoms with Crippen LogP contribution in [0.3, 0.4) is 0 Å². The van der Waals surface area contributed by atoms with E-state index in [1.54, 1.807) is 20.8 Å². The maximum atomic E-state index is 12.6. The van der Waals surface area contributed by atoms with Gasteiger partial charge in [0.1, 0.15) is 5.54 Å². The molecule has 25 heavy (non-hydrogen) atoms. The Labute approximate surface area is 145 Å². The molecule has 1 aromatic rings. The minimum atomic E-state index is -1.48. The number of nitrogens with one attached hydrogen (secondary N) is 1. The minimum absolute atomic E-state index is 0.0583. The molecule has 0 aromatic heterocycles. The lowest BCUT2D eigenvalue weighted by Gasteiger charge is -2.58. The predicted molar refractivity (Wildman–Crippen MR) is 89.5 cm³/mol. The molecule has 0 spiro atoms. The molecular weight excluding hydrogens is 328 g/mol. The highest BCUT2D eigenvalue weighted by Gasteiger charge is 2.66. The van der Waals surface area contributed by atoms with Gasteiger partial charge in [0, 0.05) is 36.1 Å². The van der Waals surface area contributed by atoms with E-state index < -0.39 is 27.8 Å². The zero-order chi connectivity index (χ0) is 19.0. The summed E-state index contributed by atoms with van der Waals surface area (Å²) in [4.78, 5) is 34.9. The molecule has 2 rings (SSSR count). The fourth-order valence-corrected chi connectivity index (χ4v) is 3.30. The van der Waals surface area contributed by atoms with Crippen LogP contribution in [0.1, 0.15) is 43.1 Å². The molecule has 8 heteroatoms. The Bertz CT molecular complexity index is 730. The topological polar surface area (TPSA) is 119 Å². The van der Waals surface area contributed by atoms with Crippen molar-refractivity contribution in [2.45, 2.75) is 45.8 Å². The molecule has 1 fully saturated rings. The molecule has 2 atom stereocenters. The third kappa shape index (κ3) is 3.09. The molecule has 0 saturated heterocycles. The number of carbonyl (C=O) groups is 2. The van der Waals surface area contributed by atoms with Crippen LogP contribution in [-0.4, -0.2) is 40.2 Å². The molecule has 1 aliphatic carbocycles. The molecule has 8 nitrogen and oxygen atoms in total. The van der Waals surface area contributed by atoms with E-state index in [0.717, 1.165) is 6.07 Å². The summed E-state index contributed by atoms with van der Waals surface area (Å²) in [6, 6.07) is 3.98. The molecule has 1 aromatic carbocycles. The maximum Gasteiger partial charge on any atom is 0.330 e. The van der Waals surface area contributed by atoms with Crippen LogP contribution < -0.4 is 5.32 Å². The number of non-ortho nitro benzene ring substituents is 1. The summed E-state index contributed by atoms with van der Waals surface area (Å²) in [5.41, 5.74) is -1.91. The van der Waals surface area contributed by atoms with Crippen LogP contribution in [-0.2, 0) is 9.53 Å². The highest BCUT2D eigenvalue weighted by atomic mass is 16.6. The normalized spacial score (nSPS) is 24.2. The van der Waals surface area contributed by atoms with Gasteiger partial charge in [0.2, 0.25) is 0 Å². The first kappa shape index (κ1) is 18.9. The van der Waals surface area contributed by atoms with E-state index in [0.29, 0.717) is 12.2 Å². The van der Waals surface area contributed by atoms with Gasteiger partial charge in [-0.1, -0.05) is 13.8 Å². The lowest BCUT2D eigenvalue weighted by atomic mass is 9.54. The van der Waals surface area contributed by atoms with E-state index in [1.165, 1.54) is 12.1 Å². The van der Waals surface area contributed by atoms with Gasteiger partial charge in [0.25, 0.3) is 11.6 Å². The van der Waals surface area contributed by atoms with Gasteiger partial charge < -0.3 is 15.2 Å². The highest BCUT2D eigenvalue weighted by Crippen LogP contribution is 2.51. The number of carboxylic acids is 1. The van der Waals surface area contributed by atoms with Crippen molar-refractivity contribution in [2.75, 3.05) is 6.61 Å². The SMILES string of the molecule is CCOC1CC(NC(=O)c2cc(C)cc([N+](=O)[O-])c2)(C(=O)O)C1(C)C. The second-order valence-corrected chi connectivity index (χ2v) is 6.85. The number of ether oxygens (including phenoxy) is 1. The van der Waals surface area contributed by atoms with Gasteiger partial charge in [-0.2, -0.15) is 0 Å². The van der Waals surface area contributed by atoms with Gasteiger partial charge >= 0.3 is 5.97 Å². The van der Waals surface area contributed by atoms with E-state index >= 15 is 0 Å². The van der Waals surface area contributed by atoms with Gasteiger partial charge in [-0.15, -0.1) is 0 Å². The summed E-state index contributed by atoms with van der Waals surface area (Å²) in [5.74, 6) is -1.80. The Kier molecular flexibility index (Phi) is 4.85. The van der Waals surface area contributed by atoms with Crippen molar-refractivity contribution >= 4 is 17.6 Å². The maximum absolute atomic E-state index is 12.6. The molecule has 2 unspecified atom stereocenters. The molecule has 136 valence electrons. The monoisotopic (exact) mass is 350 g/mol. The Morgan fingerprint density at radius 2 is 2.04 bits per heavy atom. The van der Waals surface area contributed by atoms with Gasteiger partial charge in [0.15, 0.2) is 0 Å². The van der Waals surface area contributed by atoms with Crippen LogP contribution in [0.15, 0.2) is 18.2 Å². The number of rotatable bonds is 6. The van der Waals surface area contributed by atoms with Crippen molar-refractivity contribution < 1.29 is 24.4 Å². The molecule has 0 bridgehead atoms.